The third kappa shape index (κ3) is 3.22. The molecule has 0 fully saturated rings. The summed E-state index contributed by atoms with van der Waals surface area (Å²) >= 11 is 4.45. The Morgan fingerprint density at radius 2 is 1.88 bits per heavy atom. The van der Waals surface area contributed by atoms with Crippen molar-refractivity contribution in [3.05, 3.63) is 24.8 Å². The van der Waals surface area contributed by atoms with Gasteiger partial charge < -0.3 is 9.84 Å². The Balaban J connectivity index is 3.39. The van der Waals surface area contributed by atoms with Crippen LogP contribution in [0.25, 0.3) is 0 Å². The molecule has 1 aromatic rings. The van der Waals surface area contributed by atoms with E-state index in [0.717, 1.165) is 12.7 Å². The zero-order valence-electron chi connectivity index (χ0n) is 9.17. The fourth-order valence-electron chi connectivity index (χ4n) is 1.41. The van der Waals surface area contributed by atoms with Crippen molar-refractivity contribution >= 4 is 51.3 Å². The van der Waals surface area contributed by atoms with Crippen LogP contribution in [0.5, 0.6) is 5.75 Å². The van der Waals surface area contributed by atoms with Crippen LogP contribution < -0.4 is 4.74 Å². The molecule has 0 unspecified atom stereocenters. The normalized spacial score (nSPS) is 11.3. The zero-order chi connectivity index (χ0) is 12.5. The van der Waals surface area contributed by atoms with Gasteiger partial charge in [-0.1, -0.05) is 20.8 Å². The molecule has 0 saturated heterocycles. The molecule has 0 saturated carbocycles. The monoisotopic (exact) mass is 446 g/mol. The number of hydrogen-bond acceptors (Lipinski definition) is 2. The van der Waals surface area contributed by atoms with Crippen molar-refractivity contribution in [3.63, 3.8) is 0 Å². The molecule has 5 heteroatoms. The number of rotatable bonds is 1. The van der Waals surface area contributed by atoms with Gasteiger partial charge in [0.2, 0.25) is 0 Å². The minimum Gasteiger partial charge on any atom is -0.449 e. The van der Waals surface area contributed by atoms with Crippen LogP contribution in [0.1, 0.15) is 26.3 Å². The maximum atomic E-state index is 10.6. The molecule has 1 N–H and O–H groups in total. The molecule has 0 aliphatic rings. The van der Waals surface area contributed by atoms with Crippen LogP contribution >= 0.6 is 45.2 Å². The summed E-state index contributed by atoms with van der Waals surface area (Å²) in [6, 6.07) is 3.56. The molecule has 88 valence electrons. The summed E-state index contributed by atoms with van der Waals surface area (Å²) in [5.74, 6) is 0.421. The first-order valence-electron chi connectivity index (χ1n) is 4.62. The van der Waals surface area contributed by atoms with Crippen LogP contribution in [0.4, 0.5) is 4.79 Å². The zero-order valence-corrected chi connectivity index (χ0v) is 13.5. The van der Waals surface area contributed by atoms with E-state index in [9.17, 15) is 4.79 Å². The number of halogens is 2. The fraction of sp³-hybridized carbons (Fsp3) is 0.364. The lowest BCUT2D eigenvalue weighted by Crippen LogP contribution is -2.17. The number of carbonyl (C=O) groups is 1. The third-order valence-electron chi connectivity index (χ3n) is 2.00. The highest BCUT2D eigenvalue weighted by Gasteiger charge is 2.24. The van der Waals surface area contributed by atoms with Crippen molar-refractivity contribution in [2.24, 2.45) is 0 Å². The van der Waals surface area contributed by atoms with Crippen LogP contribution in [-0.4, -0.2) is 11.3 Å². The van der Waals surface area contributed by atoms with E-state index < -0.39 is 6.16 Å². The topological polar surface area (TPSA) is 46.5 Å². The number of hydrogen-bond donors (Lipinski definition) is 1. The molecule has 1 aromatic carbocycles. The predicted molar refractivity (Wildman–Crippen MR) is 79.2 cm³/mol. The van der Waals surface area contributed by atoms with Crippen LogP contribution in [0, 0.1) is 7.14 Å². The average molecular weight is 446 g/mol. The summed E-state index contributed by atoms with van der Waals surface area (Å²) < 4.78 is 6.96. The second-order valence-electron chi connectivity index (χ2n) is 4.35. The van der Waals surface area contributed by atoms with Crippen molar-refractivity contribution in [3.8, 4) is 5.75 Å². The number of ether oxygens (including phenoxy) is 1. The summed E-state index contributed by atoms with van der Waals surface area (Å²) in [5, 5.41) is 8.69. The van der Waals surface area contributed by atoms with Crippen LogP contribution in [0.2, 0.25) is 0 Å². The Kier molecular flexibility index (Phi) is 4.44. The highest BCUT2D eigenvalue weighted by atomic mass is 127. The first-order valence-corrected chi connectivity index (χ1v) is 6.78. The Morgan fingerprint density at radius 3 is 2.31 bits per heavy atom. The fourth-order valence-corrected chi connectivity index (χ4v) is 3.12. The van der Waals surface area contributed by atoms with Gasteiger partial charge >= 0.3 is 6.16 Å². The quantitative estimate of drug-likeness (QED) is 0.399. The summed E-state index contributed by atoms with van der Waals surface area (Å²) in [6.07, 6.45) is -1.28. The lowest BCUT2D eigenvalue weighted by molar-refractivity contribution is 0.143. The number of carboxylic acid groups (broad SMARTS) is 1. The van der Waals surface area contributed by atoms with Gasteiger partial charge in [-0.2, -0.15) is 0 Å². The second-order valence-corrected chi connectivity index (χ2v) is 6.59. The molecule has 0 radical (unpaired) electrons. The van der Waals surface area contributed by atoms with Crippen molar-refractivity contribution in [2.75, 3.05) is 0 Å². The van der Waals surface area contributed by atoms with Gasteiger partial charge in [0, 0.05) is 12.7 Å². The Morgan fingerprint density at radius 1 is 1.31 bits per heavy atom. The molecule has 1 rings (SSSR count). The Hall–Kier alpha value is -0.0500. The van der Waals surface area contributed by atoms with Crippen molar-refractivity contribution in [1.29, 1.82) is 0 Å². The van der Waals surface area contributed by atoms with Gasteiger partial charge in [0.1, 0.15) is 5.75 Å². The molecule has 0 amide bonds. The number of benzene rings is 1. The largest absolute Gasteiger partial charge is 0.511 e. The SMILES string of the molecule is CC(C)(C)c1c(OC(=O)O)ccc(I)c1I. The van der Waals surface area contributed by atoms with E-state index in [4.69, 9.17) is 9.84 Å². The molecule has 0 bridgehead atoms. The average Bonchev–Trinajstić information content (AvgIpc) is 2.08. The molecule has 0 aromatic heterocycles. The smallest absolute Gasteiger partial charge is 0.449 e. The molecule has 0 aliphatic heterocycles. The first-order chi connectivity index (χ1) is 7.23. The van der Waals surface area contributed by atoms with Crippen molar-refractivity contribution < 1.29 is 14.6 Å². The molecule has 16 heavy (non-hydrogen) atoms. The van der Waals surface area contributed by atoms with E-state index in [2.05, 4.69) is 45.2 Å². The summed E-state index contributed by atoms with van der Waals surface area (Å²) in [4.78, 5) is 10.6. The van der Waals surface area contributed by atoms with E-state index in [1.165, 1.54) is 0 Å². The Bertz CT molecular complexity index is 422. The standard InChI is InChI=1S/C11H12I2O3/c1-11(2,3)8-7(16-10(14)15)5-4-6(12)9(8)13/h4-5H,1-3H3,(H,14,15). The van der Waals surface area contributed by atoms with Crippen molar-refractivity contribution in [2.45, 2.75) is 26.2 Å². The van der Waals surface area contributed by atoms with E-state index in [1.54, 1.807) is 6.07 Å². The minimum absolute atomic E-state index is 0.150. The van der Waals surface area contributed by atoms with Crippen LogP contribution in [0.15, 0.2) is 12.1 Å². The van der Waals surface area contributed by atoms with Gasteiger partial charge in [0.05, 0.1) is 0 Å². The second kappa shape index (κ2) is 5.07. The molecule has 3 nitrogen and oxygen atoms in total. The lowest BCUT2D eigenvalue weighted by atomic mass is 9.86. The minimum atomic E-state index is -1.28. The lowest BCUT2D eigenvalue weighted by Gasteiger charge is -2.24. The molecule has 0 spiro atoms. The van der Waals surface area contributed by atoms with Gasteiger partial charge in [-0.25, -0.2) is 4.79 Å². The van der Waals surface area contributed by atoms with E-state index in [-0.39, 0.29) is 5.41 Å². The van der Waals surface area contributed by atoms with Crippen molar-refractivity contribution in [1.82, 2.24) is 0 Å². The van der Waals surface area contributed by atoms with E-state index >= 15 is 0 Å². The summed E-state index contributed by atoms with van der Waals surface area (Å²) in [6.45, 7) is 6.11. The predicted octanol–water partition coefficient (Wildman–Crippen LogP) is 4.25. The highest BCUT2D eigenvalue weighted by molar-refractivity contribution is 14.1. The van der Waals surface area contributed by atoms with Gasteiger partial charge in [-0.3, -0.25) is 0 Å². The molecular weight excluding hydrogens is 434 g/mol. The molecule has 0 heterocycles. The maximum Gasteiger partial charge on any atom is 0.511 e. The van der Waals surface area contributed by atoms with Gasteiger partial charge in [-0.15, -0.1) is 0 Å². The summed E-state index contributed by atoms with van der Waals surface area (Å²) in [7, 11) is 0. The highest BCUT2D eigenvalue weighted by Crippen LogP contribution is 2.37. The molecular formula is C11H12I2O3. The van der Waals surface area contributed by atoms with Gasteiger partial charge in [0.15, 0.2) is 0 Å². The first kappa shape index (κ1) is 14.0. The van der Waals surface area contributed by atoms with Crippen LogP contribution in [0.3, 0.4) is 0 Å². The maximum absolute atomic E-state index is 10.6. The molecule has 0 atom stereocenters. The van der Waals surface area contributed by atoms with Gasteiger partial charge in [-0.05, 0) is 62.7 Å². The van der Waals surface area contributed by atoms with Crippen LogP contribution in [-0.2, 0) is 5.41 Å². The third-order valence-corrected chi connectivity index (χ3v) is 5.06. The van der Waals surface area contributed by atoms with E-state index in [1.807, 2.05) is 26.8 Å². The van der Waals surface area contributed by atoms with Gasteiger partial charge in [0.25, 0.3) is 0 Å². The summed E-state index contributed by atoms with van der Waals surface area (Å²) in [5.41, 5.74) is 0.782. The molecule has 0 aliphatic carbocycles. The van der Waals surface area contributed by atoms with E-state index in [0.29, 0.717) is 5.75 Å². The Labute approximate surface area is 122 Å².